The highest BCUT2D eigenvalue weighted by Crippen LogP contribution is 2.21. The molecule has 0 bridgehead atoms. The van der Waals surface area contributed by atoms with Crippen LogP contribution in [0.1, 0.15) is 23.2 Å². The van der Waals surface area contributed by atoms with Crippen LogP contribution in [-0.2, 0) is 0 Å². The molecule has 18 heavy (non-hydrogen) atoms. The van der Waals surface area contributed by atoms with Gasteiger partial charge in [0.1, 0.15) is 5.82 Å². The minimum Gasteiger partial charge on any atom is -0.396 e. The molecule has 1 atom stereocenters. The fourth-order valence-corrected chi connectivity index (χ4v) is 2.29. The van der Waals surface area contributed by atoms with Crippen molar-refractivity contribution in [2.45, 2.75) is 12.8 Å². The predicted octanol–water partition coefficient (Wildman–Crippen LogP) is 0.968. The Hall–Kier alpha value is -1.62. The highest BCUT2D eigenvalue weighted by molar-refractivity contribution is 5.94. The maximum atomic E-state index is 12.2. The Morgan fingerprint density at radius 2 is 2.44 bits per heavy atom. The van der Waals surface area contributed by atoms with E-state index in [0.29, 0.717) is 11.5 Å². The van der Waals surface area contributed by atoms with Crippen molar-refractivity contribution in [2.24, 2.45) is 5.92 Å². The van der Waals surface area contributed by atoms with Crippen molar-refractivity contribution < 1.29 is 9.90 Å². The summed E-state index contributed by atoms with van der Waals surface area (Å²) >= 11 is 0. The van der Waals surface area contributed by atoms with Crippen LogP contribution >= 0.6 is 0 Å². The van der Waals surface area contributed by atoms with E-state index in [1.165, 1.54) is 0 Å². The molecule has 5 heteroatoms. The van der Waals surface area contributed by atoms with Crippen LogP contribution in [0.25, 0.3) is 0 Å². The Bertz CT molecular complexity index is 405. The van der Waals surface area contributed by atoms with Gasteiger partial charge in [-0.05, 0) is 30.9 Å². The van der Waals surface area contributed by atoms with Crippen molar-refractivity contribution in [2.75, 3.05) is 32.1 Å². The van der Waals surface area contributed by atoms with Gasteiger partial charge in [0.25, 0.3) is 5.91 Å². The summed E-state index contributed by atoms with van der Waals surface area (Å²) in [6.45, 7) is 1.72. The van der Waals surface area contributed by atoms with Gasteiger partial charge in [-0.2, -0.15) is 0 Å². The summed E-state index contributed by atoms with van der Waals surface area (Å²) in [5.74, 6) is 1.22. The third-order valence-electron chi connectivity index (χ3n) is 3.38. The molecule has 2 heterocycles. The van der Waals surface area contributed by atoms with Crippen LogP contribution in [0.4, 0.5) is 5.82 Å². The molecule has 0 aromatic carbocycles. The number of carbonyl (C=O) groups excluding carboxylic acids is 1. The van der Waals surface area contributed by atoms with Gasteiger partial charge in [0, 0.05) is 32.9 Å². The fourth-order valence-electron chi connectivity index (χ4n) is 2.29. The third-order valence-corrected chi connectivity index (χ3v) is 3.38. The van der Waals surface area contributed by atoms with Gasteiger partial charge in [-0.25, -0.2) is 4.98 Å². The van der Waals surface area contributed by atoms with Crippen LogP contribution in [0.15, 0.2) is 18.3 Å². The predicted molar refractivity (Wildman–Crippen MR) is 69.5 cm³/mol. The van der Waals surface area contributed by atoms with Crippen molar-refractivity contribution >= 4 is 11.7 Å². The van der Waals surface area contributed by atoms with E-state index >= 15 is 0 Å². The number of rotatable bonds is 4. The van der Waals surface area contributed by atoms with Gasteiger partial charge in [0.2, 0.25) is 0 Å². The first-order valence-corrected chi connectivity index (χ1v) is 6.28. The highest BCUT2D eigenvalue weighted by atomic mass is 16.3. The summed E-state index contributed by atoms with van der Waals surface area (Å²) in [6.07, 6.45) is 3.36. The van der Waals surface area contributed by atoms with Crippen LogP contribution in [0.3, 0.4) is 0 Å². The van der Waals surface area contributed by atoms with Crippen LogP contribution in [0, 0.1) is 5.92 Å². The molecule has 2 rings (SSSR count). The van der Waals surface area contributed by atoms with Gasteiger partial charge in [-0.3, -0.25) is 4.79 Å². The number of hydrogen-bond acceptors (Lipinski definition) is 4. The second-order valence-corrected chi connectivity index (χ2v) is 4.60. The Balaban J connectivity index is 1.98. The summed E-state index contributed by atoms with van der Waals surface area (Å²) in [5, 5.41) is 11.8. The maximum absolute atomic E-state index is 12.2. The molecule has 1 unspecified atom stereocenters. The molecule has 0 radical (unpaired) electrons. The van der Waals surface area contributed by atoms with Crippen molar-refractivity contribution in [3.8, 4) is 0 Å². The van der Waals surface area contributed by atoms with Crippen molar-refractivity contribution in [1.29, 1.82) is 0 Å². The van der Waals surface area contributed by atoms with Crippen molar-refractivity contribution in [3.63, 3.8) is 0 Å². The Morgan fingerprint density at radius 1 is 1.61 bits per heavy atom. The third kappa shape index (κ3) is 2.79. The Morgan fingerprint density at radius 3 is 3.06 bits per heavy atom. The Labute approximate surface area is 107 Å². The number of aromatic nitrogens is 1. The summed E-state index contributed by atoms with van der Waals surface area (Å²) in [5.41, 5.74) is 0.624. The first-order chi connectivity index (χ1) is 8.74. The summed E-state index contributed by atoms with van der Waals surface area (Å²) in [6, 6.07) is 3.59. The van der Waals surface area contributed by atoms with E-state index in [-0.39, 0.29) is 12.5 Å². The second kappa shape index (κ2) is 5.82. The molecule has 1 aliphatic heterocycles. The maximum Gasteiger partial charge on any atom is 0.255 e. The molecule has 1 aliphatic rings. The molecule has 0 spiro atoms. The highest BCUT2D eigenvalue weighted by Gasteiger charge is 2.26. The molecule has 98 valence electrons. The second-order valence-electron chi connectivity index (χ2n) is 4.60. The van der Waals surface area contributed by atoms with Crippen LogP contribution in [0.2, 0.25) is 0 Å². The number of likely N-dealkylation sites (tertiary alicyclic amines) is 1. The number of pyridine rings is 1. The van der Waals surface area contributed by atoms with E-state index in [0.717, 1.165) is 31.7 Å². The van der Waals surface area contributed by atoms with E-state index in [9.17, 15) is 4.79 Å². The first kappa shape index (κ1) is 12.8. The van der Waals surface area contributed by atoms with Gasteiger partial charge in [0.15, 0.2) is 0 Å². The summed E-state index contributed by atoms with van der Waals surface area (Å²) < 4.78 is 0. The zero-order chi connectivity index (χ0) is 13.0. The lowest BCUT2D eigenvalue weighted by Gasteiger charge is -2.16. The van der Waals surface area contributed by atoms with Gasteiger partial charge < -0.3 is 15.3 Å². The molecule has 0 aliphatic carbocycles. The molecule has 5 nitrogen and oxygen atoms in total. The number of aliphatic hydroxyl groups excluding tert-OH is 1. The standard InChI is InChI=1S/C13H19N3O2/c1-14-12-3-2-11(8-15-12)13(18)16-6-4-10(9-16)5-7-17/h2-3,8,10,17H,4-7,9H2,1H3,(H,14,15). The molecule has 1 aromatic rings. The molecule has 1 aromatic heterocycles. The molecule has 1 saturated heterocycles. The molecule has 2 N–H and O–H groups in total. The normalized spacial score (nSPS) is 19.0. The summed E-state index contributed by atoms with van der Waals surface area (Å²) in [7, 11) is 1.80. The van der Waals surface area contributed by atoms with E-state index in [1.807, 2.05) is 4.90 Å². The van der Waals surface area contributed by atoms with Crippen LogP contribution in [-0.4, -0.2) is 47.6 Å². The fraction of sp³-hybridized carbons (Fsp3) is 0.538. The lowest BCUT2D eigenvalue weighted by Crippen LogP contribution is -2.28. The Kier molecular flexibility index (Phi) is 4.15. The molecule has 1 fully saturated rings. The SMILES string of the molecule is CNc1ccc(C(=O)N2CCC(CCO)C2)cn1. The van der Waals surface area contributed by atoms with Gasteiger partial charge in [-0.1, -0.05) is 0 Å². The zero-order valence-electron chi connectivity index (χ0n) is 10.6. The monoisotopic (exact) mass is 249 g/mol. The number of anilines is 1. The number of nitrogens with zero attached hydrogens (tertiary/aromatic N) is 2. The van der Waals surface area contributed by atoms with E-state index in [1.54, 1.807) is 25.4 Å². The minimum absolute atomic E-state index is 0.0330. The number of hydrogen-bond donors (Lipinski definition) is 2. The first-order valence-electron chi connectivity index (χ1n) is 6.28. The average molecular weight is 249 g/mol. The average Bonchev–Trinajstić information content (AvgIpc) is 2.87. The van der Waals surface area contributed by atoms with Crippen LogP contribution < -0.4 is 5.32 Å². The molecular weight excluding hydrogens is 230 g/mol. The van der Waals surface area contributed by atoms with Gasteiger partial charge >= 0.3 is 0 Å². The van der Waals surface area contributed by atoms with E-state index in [2.05, 4.69) is 10.3 Å². The van der Waals surface area contributed by atoms with Crippen LogP contribution in [0.5, 0.6) is 0 Å². The van der Waals surface area contributed by atoms with Crippen molar-refractivity contribution in [3.05, 3.63) is 23.9 Å². The molecule has 1 amide bonds. The lowest BCUT2D eigenvalue weighted by molar-refractivity contribution is 0.0784. The quantitative estimate of drug-likeness (QED) is 0.834. The number of nitrogens with one attached hydrogen (secondary N) is 1. The topological polar surface area (TPSA) is 65.5 Å². The number of amides is 1. The smallest absolute Gasteiger partial charge is 0.255 e. The largest absolute Gasteiger partial charge is 0.396 e. The summed E-state index contributed by atoms with van der Waals surface area (Å²) in [4.78, 5) is 18.2. The molecular formula is C13H19N3O2. The van der Waals surface area contributed by atoms with E-state index < -0.39 is 0 Å². The zero-order valence-corrected chi connectivity index (χ0v) is 10.6. The molecule has 0 saturated carbocycles. The van der Waals surface area contributed by atoms with Crippen molar-refractivity contribution in [1.82, 2.24) is 9.88 Å². The lowest BCUT2D eigenvalue weighted by atomic mass is 10.1. The van der Waals surface area contributed by atoms with Gasteiger partial charge in [0.05, 0.1) is 5.56 Å². The number of carbonyl (C=O) groups is 1. The minimum atomic E-state index is 0.0330. The van der Waals surface area contributed by atoms with E-state index in [4.69, 9.17) is 5.11 Å². The number of aliphatic hydroxyl groups is 1. The van der Waals surface area contributed by atoms with Gasteiger partial charge in [-0.15, -0.1) is 0 Å².